The van der Waals surface area contributed by atoms with Crippen molar-refractivity contribution in [3.8, 4) is 0 Å². The molecule has 0 bridgehead atoms. The van der Waals surface area contributed by atoms with Crippen molar-refractivity contribution >= 4 is 23.1 Å². The largest absolute Gasteiger partial charge is 0.335 e. The monoisotopic (exact) mass is 237 g/mol. The van der Waals surface area contributed by atoms with Gasteiger partial charge in [0.1, 0.15) is 0 Å². The Kier molecular flexibility index (Phi) is 2.44. The fourth-order valence-corrected chi connectivity index (χ4v) is 2.79. The van der Waals surface area contributed by atoms with Crippen molar-refractivity contribution < 1.29 is 0 Å². The van der Waals surface area contributed by atoms with Gasteiger partial charge in [0.15, 0.2) is 0 Å². The van der Waals surface area contributed by atoms with E-state index in [-0.39, 0.29) is 5.54 Å². The number of benzene rings is 1. The maximum Gasteiger partial charge on any atom is 0.0496 e. The molecule has 1 aliphatic rings. The number of nitrogens with zero attached hydrogens (tertiary/aromatic N) is 1. The maximum atomic E-state index is 2.45. The summed E-state index contributed by atoms with van der Waals surface area (Å²) in [6.45, 7) is 6.80. The van der Waals surface area contributed by atoms with Gasteiger partial charge < -0.3 is 4.57 Å². The first-order valence-corrected chi connectivity index (χ1v) is 6.56. The van der Waals surface area contributed by atoms with Crippen molar-refractivity contribution in [1.29, 1.82) is 0 Å². The zero-order chi connectivity index (χ0) is 12.8. The van der Waals surface area contributed by atoms with Crippen molar-refractivity contribution in [3.05, 3.63) is 47.7 Å². The number of para-hydroxylation sites is 1. The van der Waals surface area contributed by atoms with Gasteiger partial charge in [0, 0.05) is 27.7 Å². The van der Waals surface area contributed by atoms with Crippen LogP contribution in [-0.2, 0) is 5.54 Å². The van der Waals surface area contributed by atoms with Crippen LogP contribution in [0.4, 0.5) is 0 Å². The highest BCUT2D eigenvalue weighted by atomic mass is 15.1. The molecule has 92 valence electrons. The Morgan fingerprint density at radius 1 is 1.00 bits per heavy atom. The predicted molar refractivity (Wildman–Crippen MR) is 79.6 cm³/mol. The minimum Gasteiger partial charge on any atom is -0.335 e. The Morgan fingerprint density at radius 2 is 1.72 bits per heavy atom. The molecule has 0 fully saturated rings. The van der Waals surface area contributed by atoms with Crippen LogP contribution in [0.5, 0.6) is 0 Å². The molecule has 0 unspecified atom stereocenters. The van der Waals surface area contributed by atoms with Gasteiger partial charge in [-0.15, -0.1) is 0 Å². The molecule has 0 spiro atoms. The van der Waals surface area contributed by atoms with Gasteiger partial charge in [0.25, 0.3) is 0 Å². The van der Waals surface area contributed by atoms with Crippen molar-refractivity contribution in [2.24, 2.45) is 0 Å². The first-order valence-electron chi connectivity index (χ1n) is 6.56. The Bertz CT molecular complexity index is 648. The van der Waals surface area contributed by atoms with Crippen molar-refractivity contribution in [3.63, 3.8) is 0 Å². The summed E-state index contributed by atoms with van der Waals surface area (Å²) < 4.78 is 2.45. The molecule has 0 saturated carbocycles. The van der Waals surface area contributed by atoms with Crippen LogP contribution in [0.1, 0.15) is 38.4 Å². The highest BCUT2D eigenvalue weighted by molar-refractivity contribution is 5.94. The van der Waals surface area contributed by atoms with Crippen molar-refractivity contribution in [2.45, 2.75) is 32.7 Å². The number of hydrogen-bond acceptors (Lipinski definition) is 0. The molecule has 1 nitrogen and oxygen atoms in total. The highest BCUT2D eigenvalue weighted by Crippen LogP contribution is 2.34. The lowest BCUT2D eigenvalue weighted by Crippen LogP contribution is -2.22. The van der Waals surface area contributed by atoms with Gasteiger partial charge in [-0.2, -0.15) is 0 Å². The molecule has 0 aliphatic heterocycles. The molecule has 1 aromatic carbocycles. The average molecular weight is 237 g/mol. The zero-order valence-corrected chi connectivity index (χ0v) is 11.3. The summed E-state index contributed by atoms with van der Waals surface area (Å²) in [4.78, 5) is 0. The molecule has 1 aromatic heterocycles. The van der Waals surface area contributed by atoms with Crippen molar-refractivity contribution in [2.75, 3.05) is 0 Å². The van der Waals surface area contributed by atoms with Crippen LogP contribution in [0.2, 0.25) is 0 Å². The SMILES string of the molecule is CC(C)(C)n1c2c(c3ccccc31)C=CCC=C2. The molecule has 0 radical (unpaired) electrons. The second-order valence-electron chi connectivity index (χ2n) is 5.86. The van der Waals surface area contributed by atoms with Gasteiger partial charge in [0.05, 0.1) is 0 Å². The van der Waals surface area contributed by atoms with Gasteiger partial charge in [-0.3, -0.25) is 0 Å². The molecule has 1 heterocycles. The Labute approximate surface area is 108 Å². The van der Waals surface area contributed by atoms with E-state index in [0.29, 0.717) is 0 Å². The Hall–Kier alpha value is -1.76. The lowest BCUT2D eigenvalue weighted by atomic mass is 10.1. The van der Waals surface area contributed by atoms with E-state index >= 15 is 0 Å². The molecular formula is C17H19N. The lowest BCUT2D eigenvalue weighted by Gasteiger charge is -2.25. The summed E-state index contributed by atoms with van der Waals surface area (Å²) in [5, 5.41) is 1.35. The number of aromatic nitrogens is 1. The summed E-state index contributed by atoms with van der Waals surface area (Å²) >= 11 is 0. The van der Waals surface area contributed by atoms with Crippen LogP contribution in [-0.4, -0.2) is 4.57 Å². The molecule has 0 N–H and O–H groups in total. The topological polar surface area (TPSA) is 4.93 Å². The van der Waals surface area contributed by atoms with E-state index in [2.05, 4.69) is 73.9 Å². The van der Waals surface area contributed by atoms with Gasteiger partial charge in [0.2, 0.25) is 0 Å². The highest BCUT2D eigenvalue weighted by Gasteiger charge is 2.22. The molecule has 18 heavy (non-hydrogen) atoms. The van der Waals surface area contributed by atoms with E-state index < -0.39 is 0 Å². The van der Waals surface area contributed by atoms with Crippen LogP contribution >= 0.6 is 0 Å². The zero-order valence-electron chi connectivity index (χ0n) is 11.3. The van der Waals surface area contributed by atoms with Crippen LogP contribution in [0.25, 0.3) is 23.1 Å². The summed E-state index contributed by atoms with van der Waals surface area (Å²) in [7, 11) is 0. The van der Waals surface area contributed by atoms with Crippen LogP contribution in [0, 0.1) is 0 Å². The number of allylic oxidation sites excluding steroid dienone is 2. The minimum absolute atomic E-state index is 0.0930. The predicted octanol–water partition coefficient (Wildman–Crippen LogP) is 4.83. The van der Waals surface area contributed by atoms with E-state index in [4.69, 9.17) is 0 Å². The normalized spacial score (nSPS) is 14.8. The van der Waals surface area contributed by atoms with E-state index in [0.717, 1.165) is 6.42 Å². The summed E-state index contributed by atoms with van der Waals surface area (Å²) in [5.41, 5.74) is 4.10. The Balaban J connectivity index is 2.47. The first-order chi connectivity index (χ1) is 8.59. The summed E-state index contributed by atoms with van der Waals surface area (Å²) in [6, 6.07) is 8.69. The van der Waals surface area contributed by atoms with Gasteiger partial charge >= 0.3 is 0 Å². The third-order valence-electron chi connectivity index (χ3n) is 3.46. The van der Waals surface area contributed by atoms with Gasteiger partial charge in [-0.25, -0.2) is 0 Å². The van der Waals surface area contributed by atoms with Crippen LogP contribution in [0.15, 0.2) is 36.4 Å². The molecule has 0 amide bonds. The fraction of sp³-hybridized carbons (Fsp3) is 0.294. The minimum atomic E-state index is 0.0930. The molecule has 1 aliphatic carbocycles. The lowest BCUT2D eigenvalue weighted by molar-refractivity contribution is 0.408. The van der Waals surface area contributed by atoms with Crippen molar-refractivity contribution in [1.82, 2.24) is 4.57 Å². The third-order valence-corrected chi connectivity index (χ3v) is 3.46. The summed E-state index contributed by atoms with van der Waals surface area (Å²) in [5.74, 6) is 0. The van der Waals surface area contributed by atoms with Gasteiger partial charge in [-0.1, -0.05) is 36.4 Å². The number of fused-ring (bicyclic) bond motifs is 3. The molecule has 1 heteroatoms. The second-order valence-corrected chi connectivity index (χ2v) is 5.86. The van der Waals surface area contributed by atoms with Gasteiger partial charge in [-0.05, 0) is 39.3 Å². The average Bonchev–Trinajstić information content (AvgIpc) is 2.47. The second kappa shape index (κ2) is 3.88. The standard InChI is InChI=1S/C17H19N/c1-17(2,3)18-15-11-6-4-5-9-13(15)14-10-7-8-12-16(14)18/h5-12H,4H2,1-3H3. The first kappa shape index (κ1) is 11.3. The van der Waals surface area contributed by atoms with E-state index in [9.17, 15) is 0 Å². The Morgan fingerprint density at radius 3 is 2.50 bits per heavy atom. The molecule has 2 aromatic rings. The van der Waals surface area contributed by atoms with E-state index in [1.807, 2.05) is 0 Å². The number of hydrogen-bond donors (Lipinski definition) is 0. The van der Waals surface area contributed by atoms with Crippen LogP contribution < -0.4 is 0 Å². The fourth-order valence-electron chi connectivity index (χ4n) is 2.79. The smallest absolute Gasteiger partial charge is 0.0496 e. The molecule has 0 saturated heterocycles. The maximum absolute atomic E-state index is 2.45. The molecular weight excluding hydrogens is 218 g/mol. The third kappa shape index (κ3) is 1.62. The van der Waals surface area contributed by atoms with Crippen LogP contribution in [0.3, 0.4) is 0 Å². The number of rotatable bonds is 0. The molecule has 3 rings (SSSR count). The van der Waals surface area contributed by atoms with E-state index in [1.54, 1.807) is 0 Å². The quantitative estimate of drug-likeness (QED) is 0.618. The summed E-state index contributed by atoms with van der Waals surface area (Å²) in [6.07, 6.45) is 10.0. The van der Waals surface area contributed by atoms with E-state index in [1.165, 1.54) is 22.2 Å². The molecule has 0 atom stereocenters.